The molecule has 0 saturated heterocycles. The predicted molar refractivity (Wildman–Crippen MR) is 58.8 cm³/mol. The summed E-state index contributed by atoms with van der Waals surface area (Å²) in [6.07, 6.45) is 0.894. The molecule has 0 aromatic carbocycles. The van der Waals surface area contributed by atoms with Crippen LogP contribution >= 0.6 is 15.9 Å². The highest BCUT2D eigenvalue weighted by Gasteiger charge is 1.95. The summed E-state index contributed by atoms with van der Waals surface area (Å²) in [5.41, 5.74) is 3.13. The summed E-state index contributed by atoms with van der Waals surface area (Å²) in [5.74, 6) is 6.15. The lowest BCUT2D eigenvalue weighted by molar-refractivity contribution is 1.11. The van der Waals surface area contributed by atoms with Crippen molar-refractivity contribution in [2.45, 2.75) is 25.6 Å². The van der Waals surface area contributed by atoms with Crippen LogP contribution in [0, 0.1) is 18.8 Å². The Balaban J connectivity index is 3.01. The van der Waals surface area contributed by atoms with Crippen LogP contribution in [0.15, 0.2) is 12.1 Å². The molecule has 1 nitrogen and oxygen atoms in total. The number of aryl methyl sites for hydroxylation is 1. The van der Waals surface area contributed by atoms with Gasteiger partial charge in [0, 0.05) is 23.0 Å². The third kappa shape index (κ3) is 3.20. The summed E-state index contributed by atoms with van der Waals surface area (Å²) >= 11 is 3.38. The molecule has 1 heterocycles. The average molecular weight is 238 g/mol. The molecule has 0 unspecified atom stereocenters. The lowest BCUT2D eigenvalue weighted by Gasteiger charge is -1.98. The first-order valence-corrected chi connectivity index (χ1v) is 5.40. The van der Waals surface area contributed by atoms with E-state index in [0.717, 1.165) is 28.7 Å². The van der Waals surface area contributed by atoms with E-state index in [4.69, 9.17) is 0 Å². The molecule has 0 aliphatic carbocycles. The molecule has 0 aliphatic rings. The number of hydrogen-bond donors (Lipinski definition) is 0. The van der Waals surface area contributed by atoms with E-state index in [2.05, 4.69) is 32.8 Å². The third-order valence-electron chi connectivity index (χ3n) is 1.55. The molecule has 13 heavy (non-hydrogen) atoms. The maximum Gasteiger partial charge on any atom is 0.0524 e. The van der Waals surface area contributed by atoms with Gasteiger partial charge in [-0.3, -0.25) is 4.98 Å². The van der Waals surface area contributed by atoms with Gasteiger partial charge >= 0.3 is 0 Å². The Morgan fingerprint density at radius 1 is 1.46 bits per heavy atom. The number of pyridine rings is 1. The first-order valence-electron chi connectivity index (χ1n) is 4.28. The molecule has 0 saturated carbocycles. The van der Waals surface area contributed by atoms with Crippen LogP contribution in [0.4, 0.5) is 0 Å². The third-order valence-corrected chi connectivity index (χ3v) is 2.13. The Morgan fingerprint density at radius 3 is 2.85 bits per heavy atom. The van der Waals surface area contributed by atoms with Gasteiger partial charge in [-0.05, 0) is 19.1 Å². The van der Waals surface area contributed by atoms with Crippen LogP contribution in [-0.4, -0.2) is 4.98 Å². The zero-order valence-corrected chi connectivity index (χ0v) is 9.48. The molecule has 0 aliphatic heterocycles. The minimum absolute atomic E-state index is 0.787. The molecule has 1 aromatic rings. The van der Waals surface area contributed by atoms with E-state index in [9.17, 15) is 0 Å². The van der Waals surface area contributed by atoms with Crippen molar-refractivity contribution >= 4 is 15.9 Å². The Morgan fingerprint density at radius 2 is 2.23 bits per heavy atom. The largest absolute Gasteiger partial charge is 0.257 e. The summed E-state index contributed by atoms with van der Waals surface area (Å²) in [5, 5.41) is 0.787. The fourth-order valence-corrected chi connectivity index (χ4v) is 1.36. The van der Waals surface area contributed by atoms with Crippen molar-refractivity contribution < 1.29 is 0 Å². The van der Waals surface area contributed by atoms with E-state index >= 15 is 0 Å². The molecular weight excluding hydrogens is 226 g/mol. The van der Waals surface area contributed by atoms with Crippen molar-refractivity contribution in [1.29, 1.82) is 0 Å². The highest BCUT2D eigenvalue weighted by Crippen LogP contribution is 2.07. The zero-order chi connectivity index (χ0) is 9.68. The Kier molecular flexibility index (Phi) is 3.98. The topological polar surface area (TPSA) is 12.9 Å². The van der Waals surface area contributed by atoms with Crippen LogP contribution in [0.1, 0.15) is 30.3 Å². The lowest BCUT2D eigenvalue weighted by atomic mass is 10.2. The van der Waals surface area contributed by atoms with Crippen molar-refractivity contribution in [3.05, 3.63) is 29.1 Å². The molecule has 0 atom stereocenters. The Bertz CT molecular complexity index is 347. The smallest absolute Gasteiger partial charge is 0.0524 e. The molecule has 0 amide bonds. The molecule has 0 radical (unpaired) electrons. The Hall–Kier alpha value is -0.810. The van der Waals surface area contributed by atoms with Crippen molar-refractivity contribution in [3.8, 4) is 11.8 Å². The average Bonchev–Trinajstić information content (AvgIpc) is 2.14. The van der Waals surface area contributed by atoms with E-state index in [1.165, 1.54) is 0 Å². The first kappa shape index (κ1) is 10.3. The van der Waals surface area contributed by atoms with E-state index < -0.39 is 0 Å². The molecule has 2 heteroatoms. The number of aromatic nitrogens is 1. The van der Waals surface area contributed by atoms with Gasteiger partial charge in [-0.1, -0.05) is 34.7 Å². The van der Waals surface area contributed by atoms with E-state index in [1.54, 1.807) is 0 Å². The summed E-state index contributed by atoms with van der Waals surface area (Å²) in [4.78, 5) is 4.35. The fraction of sp³-hybridized carbons (Fsp3) is 0.364. The number of alkyl halides is 1. The molecule has 1 aromatic heterocycles. The second-order valence-electron chi connectivity index (χ2n) is 2.78. The van der Waals surface area contributed by atoms with Crippen LogP contribution in [0.5, 0.6) is 0 Å². The zero-order valence-electron chi connectivity index (χ0n) is 7.89. The summed E-state index contributed by atoms with van der Waals surface area (Å²) in [7, 11) is 0. The van der Waals surface area contributed by atoms with Crippen LogP contribution in [0.25, 0.3) is 0 Å². The molecule has 0 fully saturated rings. The number of halogens is 1. The Labute approximate surface area is 87.7 Å². The van der Waals surface area contributed by atoms with Gasteiger partial charge in [-0.15, -0.1) is 0 Å². The quantitative estimate of drug-likeness (QED) is 0.541. The van der Waals surface area contributed by atoms with Crippen molar-refractivity contribution in [2.24, 2.45) is 0 Å². The molecule has 0 N–H and O–H groups in total. The van der Waals surface area contributed by atoms with Gasteiger partial charge in [0.25, 0.3) is 0 Å². The second-order valence-corrected chi connectivity index (χ2v) is 3.34. The highest BCUT2D eigenvalue weighted by molar-refractivity contribution is 9.08. The van der Waals surface area contributed by atoms with Gasteiger partial charge in [0.2, 0.25) is 0 Å². The molecule has 68 valence electrons. The molecule has 0 spiro atoms. The number of rotatable bonds is 1. The monoisotopic (exact) mass is 237 g/mol. The van der Waals surface area contributed by atoms with E-state index in [0.29, 0.717) is 0 Å². The van der Waals surface area contributed by atoms with Crippen molar-refractivity contribution in [1.82, 2.24) is 4.98 Å². The summed E-state index contributed by atoms with van der Waals surface area (Å²) < 4.78 is 0. The van der Waals surface area contributed by atoms with E-state index in [1.807, 2.05) is 26.0 Å². The van der Waals surface area contributed by atoms with Crippen LogP contribution in [0.3, 0.4) is 0 Å². The summed E-state index contributed by atoms with van der Waals surface area (Å²) in [6, 6.07) is 4.03. The minimum Gasteiger partial charge on any atom is -0.257 e. The normalized spacial score (nSPS) is 9.15. The SMILES string of the molecule is CCC#Cc1cc(C)nc(CBr)c1. The highest BCUT2D eigenvalue weighted by atomic mass is 79.9. The lowest BCUT2D eigenvalue weighted by Crippen LogP contribution is -1.90. The maximum atomic E-state index is 4.35. The van der Waals surface area contributed by atoms with Crippen molar-refractivity contribution in [2.75, 3.05) is 0 Å². The van der Waals surface area contributed by atoms with Gasteiger partial charge in [0.15, 0.2) is 0 Å². The van der Waals surface area contributed by atoms with Gasteiger partial charge < -0.3 is 0 Å². The fourth-order valence-electron chi connectivity index (χ4n) is 1.07. The molecule has 0 bridgehead atoms. The van der Waals surface area contributed by atoms with Crippen LogP contribution in [0.2, 0.25) is 0 Å². The van der Waals surface area contributed by atoms with E-state index in [-0.39, 0.29) is 0 Å². The van der Waals surface area contributed by atoms with Crippen LogP contribution in [-0.2, 0) is 5.33 Å². The maximum absolute atomic E-state index is 4.35. The summed E-state index contributed by atoms with van der Waals surface area (Å²) in [6.45, 7) is 4.04. The van der Waals surface area contributed by atoms with Gasteiger partial charge in [0.05, 0.1) is 5.69 Å². The van der Waals surface area contributed by atoms with Crippen molar-refractivity contribution in [3.63, 3.8) is 0 Å². The van der Waals surface area contributed by atoms with Gasteiger partial charge in [-0.2, -0.15) is 0 Å². The minimum atomic E-state index is 0.787. The standard InChI is InChI=1S/C11H12BrN/c1-3-4-5-10-6-9(2)13-11(7-10)8-12/h6-7H,3,8H2,1-2H3. The molecule has 1 rings (SSSR count). The number of hydrogen-bond acceptors (Lipinski definition) is 1. The first-order chi connectivity index (χ1) is 6.26. The molecular formula is C11H12BrN. The predicted octanol–water partition coefficient (Wildman–Crippen LogP) is 3.05. The van der Waals surface area contributed by atoms with Gasteiger partial charge in [0.1, 0.15) is 0 Å². The second kappa shape index (κ2) is 5.04. The number of nitrogens with zero attached hydrogens (tertiary/aromatic N) is 1. The van der Waals surface area contributed by atoms with Crippen LogP contribution < -0.4 is 0 Å². The van der Waals surface area contributed by atoms with Gasteiger partial charge in [-0.25, -0.2) is 0 Å².